The van der Waals surface area contributed by atoms with E-state index in [1.807, 2.05) is 29.2 Å². The number of hydrogen-bond donors (Lipinski definition) is 0. The lowest BCUT2D eigenvalue weighted by Gasteiger charge is -2.29. The van der Waals surface area contributed by atoms with Crippen LogP contribution in [0.2, 0.25) is 0 Å². The molecule has 0 saturated carbocycles. The Balaban J connectivity index is 1.38. The van der Waals surface area contributed by atoms with Gasteiger partial charge in [-0.2, -0.15) is 0 Å². The lowest BCUT2D eigenvalue weighted by molar-refractivity contribution is 0.0690. The van der Waals surface area contributed by atoms with Crippen LogP contribution in [0.1, 0.15) is 30.3 Å². The van der Waals surface area contributed by atoms with Crippen LogP contribution in [0.25, 0.3) is 0 Å². The number of fused-ring (bicyclic) bond motifs is 1. The first-order valence-electron chi connectivity index (χ1n) is 8.77. The van der Waals surface area contributed by atoms with E-state index in [0.29, 0.717) is 24.8 Å². The molecule has 1 saturated heterocycles. The molecule has 25 heavy (non-hydrogen) atoms. The average Bonchev–Trinajstić information content (AvgIpc) is 3.10. The van der Waals surface area contributed by atoms with Crippen LogP contribution >= 0.6 is 0 Å². The molecule has 4 rings (SSSR count). The molecule has 0 radical (unpaired) electrons. The van der Waals surface area contributed by atoms with Crippen LogP contribution in [0, 0.1) is 5.92 Å². The van der Waals surface area contributed by atoms with Gasteiger partial charge >= 0.3 is 0 Å². The second-order valence-electron chi connectivity index (χ2n) is 6.80. The summed E-state index contributed by atoms with van der Waals surface area (Å²) in [5, 5.41) is 8.13. The Morgan fingerprint density at radius 3 is 2.80 bits per heavy atom. The Morgan fingerprint density at radius 2 is 2.00 bits per heavy atom. The largest absolute Gasteiger partial charge is 0.486 e. The number of carbonyl (C=O) groups is 1. The molecule has 2 aliphatic rings. The molecule has 1 fully saturated rings. The Morgan fingerprint density at radius 1 is 1.24 bits per heavy atom. The van der Waals surface area contributed by atoms with Gasteiger partial charge in [0.15, 0.2) is 23.3 Å². The highest BCUT2D eigenvalue weighted by atomic mass is 16.6. The van der Waals surface area contributed by atoms with Gasteiger partial charge in [-0.05, 0) is 30.9 Å². The van der Waals surface area contributed by atoms with Crippen molar-refractivity contribution >= 4 is 5.91 Å². The Kier molecular flexibility index (Phi) is 4.29. The molecule has 1 aromatic heterocycles. The molecule has 7 nitrogen and oxygen atoms in total. The molecule has 0 unspecified atom stereocenters. The minimum atomic E-state index is -0.157. The average molecular weight is 342 g/mol. The van der Waals surface area contributed by atoms with Gasteiger partial charge in [-0.3, -0.25) is 4.79 Å². The number of ether oxygens (including phenoxy) is 2. The third-order valence-corrected chi connectivity index (χ3v) is 4.79. The van der Waals surface area contributed by atoms with Gasteiger partial charge < -0.3 is 14.4 Å². The number of likely N-dealkylation sites (tertiary alicyclic amines) is 1. The first-order chi connectivity index (χ1) is 12.2. The number of benzene rings is 1. The fourth-order valence-corrected chi connectivity index (χ4v) is 3.22. The summed E-state index contributed by atoms with van der Waals surface area (Å²) < 4.78 is 13.3. The monoisotopic (exact) mass is 342 g/mol. The highest BCUT2D eigenvalue weighted by Gasteiger charge is 2.25. The van der Waals surface area contributed by atoms with Crippen LogP contribution < -0.4 is 9.47 Å². The summed E-state index contributed by atoms with van der Waals surface area (Å²) in [7, 11) is 0. The topological polar surface area (TPSA) is 69.5 Å². The van der Waals surface area contributed by atoms with Gasteiger partial charge in [-0.1, -0.05) is 24.3 Å². The third-order valence-electron chi connectivity index (χ3n) is 4.79. The van der Waals surface area contributed by atoms with Crippen molar-refractivity contribution in [3.05, 3.63) is 36.2 Å². The number of piperidine rings is 1. The number of hydrogen-bond acceptors (Lipinski definition) is 5. The van der Waals surface area contributed by atoms with Crippen molar-refractivity contribution in [2.24, 2.45) is 5.92 Å². The maximum atomic E-state index is 12.5. The fourth-order valence-electron chi connectivity index (χ4n) is 3.22. The van der Waals surface area contributed by atoms with Crippen LogP contribution in [-0.4, -0.2) is 51.6 Å². The van der Waals surface area contributed by atoms with Crippen molar-refractivity contribution in [3.8, 4) is 11.5 Å². The quantitative estimate of drug-likeness (QED) is 0.853. The molecule has 1 aromatic carbocycles. The lowest BCUT2D eigenvalue weighted by Crippen LogP contribution is -2.38. The highest BCUT2D eigenvalue weighted by Crippen LogP contribution is 2.31. The second-order valence-corrected chi connectivity index (χ2v) is 6.80. The molecular formula is C18H22N4O3. The summed E-state index contributed by atoms with van der Waals surface area (Å²) in [6, 6.07) is 7.60. The number of rotatable bonds is 3. The summed E-state index contributed by atoms with van der Waals surface area (Å²) in [6.45, 7) is 4.75. The maximum Gasteiger partial charge on any atom is 0.276 e. The third kappa shape index (κ3) is 3.45. The van der Waals surface area contributed by atoms with Crippen LogP contribution in [0.4, 0.5) is 0 Å². The molecule has 2 aromatic rings. The van der Waals surface area contributed by atoms with Crippen molar-refractivity contribution in [1.29, 1.82) is 0 Å². The van der Waals surface area contributed by atoms with Gasteiger partial charge in [0.05, 0.1) is 12.7 Å². The van der Waals surface area contributed by atoms with E-state index in [1.165, 1.54) is 0 Å². The number of amides is 1. The van der Waals surface area contributed by atoms with E-state index < -0.39 is 0 Å². The Hall–Kier alpha value is -2.57. The zero-order chi connectivity index (χ0) is 17.2. The number of nitrogens with zero attached hydrogens (tertiary/aromatic N) is 4. The van der Waals surface area contributed by atoms with Gasteiger partial charge in [-0.25, -0.2) is 4.68 Å². The van der Waals surface area contributed by atoms with E-state index in [9.17, 15) is 4.79 Å². The van der Waals surface area contributed by atoms with Crippen molar-refractivity contribution in [3.63, 3.8) is 0 Å². The van der Waals surface area contributed by atoms with E-state index in [4.69, 9.17) is 9.47 Å². The summed E-state index contributed by atoms with van der Waals surface area (Å²) in [5.41, 5.74) is 0.395. The van der Waals surface area contributed by atoms with Crippen molar-refractivity contribution in [1.82, 2.24) is 19.9 Å². The fraction of sp³-hybridized carbons (Fsp3) is 0.500. The van der Waals surface area contributed by atoms with Crippen LogP contribution in [0.15, 0.2) is 30.5 Å². The van der Waals surface area contributed by atoms with Crippen molar-refractivity contribution < 1.29 is 14.3 Å². The summed E-state index contributed by atoms with van der Waals surface area (Å²) >= 11 is 0. The molecule has 0 aliphatic carbocycles. The zero-order valence-corrected chi connectivity index (χ0v) is 14.3. The molecule has 3 heterocycles. The van der Waals surface area contributed by atoms with E-state index >= 15 is 0 Å². The van der Waals surface area contributed by atoms with Crippen molar-refractivity contribution in [2.45, 2.75) is 32.4 Å². The van der Waals surface area contributed by atoms with Gasteiger partial charge in [-0.15, -0.1) is 5.10 Å². The smallest absolute Gasteiger partial charge is 0.276 e. The zero-order valence-electron chi connectivity index (χ0n) is 14.3. The highest BCUT2D eigenvalue weighted by molar-refractivity contribution is 5.91. The molecule has 0 N–H and O–H groups in total. The van der Waals surface area contributed by atoms with E-state index in [-0.39, 0.29) is 12.0 Å². The van der Waals surface area contributed by atoms with Gasteiger partial charge in [0.1, 0.15) is 6.61 Å². The standard InChI is InChI=1S/C18H22N4O3/c1-13-6-8-21(9-7-13)18(23)15-11-22(20-19-15)10-14-12-24-16-4-2-3-5-17(16)25-14/h2-5,11,13-14H,6-10,12H2,1H3/t14-/m0/s1. The maximum absolute atomic E-state index is 12.5. The van der Waals surface area contributed by atoms with Gasteiger partial charge in [0.25, 0.3) is 5.91 Å². The normalized spacial score (nSPS) is 20.5. The number of carbonyl (C=O) groups excluding carboxylic acids is 1. The van der Waals surface area contributed by atoms with Crippen LogP contribution in [-0.2, 0) is 6.54 Å². The van der Waals surface area contributed by atoms with Crippen LogP contribution in [0.3, 0.4) is 0 Å². The summed E-state index contributed by atoms with van der Waals surface area (Å²) in [6.07, 6.45) is 3.64. The lowest BCUT2D eigenvalue weighted by atomic mass is 9.99. The predicted octanol–water partition coefficient (Wildman–Crippen LogP) is 1.99. The minimum Gasteiger partial charge on any atom is -0.486 e. The van der Waals surface area contributed by atoms with E-state index in [2.05, 4.69) is 17.2 Å². The molecule has 0 bridgehead atoms. The summed E-state index contributed by atoms with van der Waals surface area (Å²) in [5.74, 6) is 2.14. The van der Waals surface area contributed by atoms with E-state index in [0.717, 1.165) is 37.4 Å². The molecule has 1 amide bonds. The molecule has 2 aliphatic heterocycles. The molecule has 1 atom stereocenters. The Bertz CT molecular complexity index is 752. The summed E-state index contributed by atoms with van der Waals surface area (Å²) in [4.78, 5) is 14.4. The first-order valence-corrected chi connectivity index (χ1v) is 8.77. The predicted molar refractivity (Wildman–Crippen MR) is 90.7 cm³/mol. The van der Waals surface area contributed by atoms with Gasteiger partial charge in [0.2, 0.25) is 0 Å². The number of aromatic nitrogens is 3. The minimum absolute atomic E-state index is 0.0377. The molecule has 0 spiro atoms. The molecular weight excluding hydrogens is 320 g/mol. The SMILES string of the molecule is CC1CCN(C(=O)c2cn(C[C@H]3COc4ccccc4O3)nn2)CC1. The van der Waals surface area contributed by atoms with Gasteiger partial charge in [0, 0.05) is 13.1 Å². The second kappa shape index (κ2) is 6.74. The molecule has 132 valence electrons. The Labute approximate surface area is 146 Å². The number of para-hydroxylation sites is 2. The van der Waals surface area contributed by atoms with Crippen LogP contribution in [0.5, 0.6) is 11.5 Å². The first kappa shape index (κ1) is 15.9. The molecule has 7 heteroatoms. The van der Waals surface area contributed by atoms with Crippen molar-refractivity contribution in [2.75, 3.05) is 19.7 Å². The van der Waals surface area contributed by atoms with E-state index in [1.54, 1.807) is 10.9 Å².